The number of hydrogen-bond acceptors (Lipinski definition) is 5. The van der Waals surface area contributed by atoms with Crippen molar-refractivity contribution in [2.24, 2.45) is 0 Å². The SMILES string of the molecule is CC(C)n1ccnc1CN1CCC[C@](O)(c2cn[nH]n2)C1. The Morgan fingerprint density at radius 1 is 1.48 bits per heavy atom. The van der Waals surface area contributed by atoms with Gasteiger partial charge < -0.3 is 9.67 Å². The number of H-pyrrole nitrogens is 1. The molecule has 1 aliphatic rings. The molecule has 7 heteroatoms. The van der Waals surface area contributed by atoms with E-state index < -0.39 is 5.60 Å². The van der Waals surface area contributed by atoms with Crippen LogP contribution in [0.4, 0.5) is 0 Å². The van der Waals surface area contributed by atoms with Gasteiger partial charge in [0.05, 0.1) is 12.7 Å². The Hall–Kier alpha value is -1.73. The van der Waals surface area contributed by atoms with Gasteiger partial charge >= 0.3 is 0 Å². The molecule has 0 unspecified atom stereocenters. The number of β-amino-alcohol motifs (C(OH)–C–C–N with tert-alkyl or cyclic N) is 1. The van der Waals surface area contributed by atoms with Crippen LogP contribution in [0.15, 0.2) is 18.6 Å². The molecule has 3 heterocycles. The van der Waals surface area contributed by atoms with Crippen LogP contribution in [0.1, 0.15) is 44.2 Å². The Morgan fingerprint density at radius 2 is 2.33 bits per heavy atom. The molecule has 0 spiro atoms. The Kier molecular flexibility index (Phi) is 3.77. The number of aromatic amines is 1. The fourth-order valence-electron chi connectivity index (χ4n) is 3.03. The number of nitrogens with one attached hydrogen (secondary N) is 1. The molecule has 114 valence electrons. The number of aliphatic hydroxyl groups is 1. The maximum absolute atomic E-state index is 10.8. The van der Waals surface area contributed by atoms with Gasteiger partial charge in [0.25, 0.3) is 0 Å². The summed E-state index contributed by atoms with van der Waals surface area (Å²) in [6, 6.07) is 0.390. The molecule has 3 rings (SSSR count). The van der Waals surface area contributed by atoms with Gasteiger partial charge in [0.1, 0.15) is 17.1 Å². The van der Waals surface area contributed by atoms with Crippen molar-refractivity contribution in [2.75, 3.05) is 13.1 Å². The molecule has 0 bridgehead atoms. The molecular weight excluding hydrogens is 268 g/mol. The molecule has 1 saturated heterocycles. The zero-order valence-electron chi connectivity index (χ0n) is 12.5. The van der Waals surface area contributed by atoms with Crippen molar-refractivity contribution in [2.45, 2.75) is 44.9 Å². The van der Waals surface area contributed by atoms with Gasteiger partial charge in [0.2, 0.25) is 0 Å². The van der Waals surface area contributed by atoms with Gasteiger partial charge in [-0.1, -0.05) is 0 Å². The predicted octanol–water partition coefficient (Wildman–Crippen LogP) is 1.07. The van der Waals surface area contributed by atoms with Crippen LogP contribution in [-0.4, -0.2) is 48.1 Å². The van der Waals surface area contributed by atoms with E-state index in [4.69, 9.17) is 0 Å². The van der Waals surface area contributed by atoms with Crippen molar-refractivity contribution in [1.82, 2.24) is 29.9 Å². The number of piperidine rings is 1. The average molecular weight is 290 g/mol. The molecule has 2 N–H and O–H groups in total. The van der Waals surface area contributed by atoms with Crippen molar-refractivity contribution in [3.05, 3.63) is 30.1 Å². The van der Waals surface area contributed by atoms with Crippen LogP contribution in [-0.2, 0) is 12.1 Å². The highest BCUT2D eigenvalue weighted by Gasteiger charge is 2.37. The number of likely N-dealkylation sites (tertiary alicyclic amines) is 1. The average Bonchev–Trinajstić information content (AvgIpc) is 3.09. The molecule has 0 aromatic carbocycles. The van der Waals surface area contributed by atoms with Crippen LogP contribution in [0.2, 0.25) is 0 Å². The van der Waals surface area contributed by atoms with Gasteiger partial charge in [-0.15, -0.1) is 0 Å². The maximum Gasteiger partial charge on any atom is 0.123 e. The third-order valence-electron chi connectivity index (χ3n) is 4.11. The molecule has 2 aromatic heterocycles. The fourth-order valence-corrected chi connectivity index (χ4v) is 3.03. The van der Waals surface area contributed by atoms with Crippen molar-refractivity contribution >= 4 is 0 Å². The molecule has 1 aliphatic heterocycles. The highest BCUT2D eigenvalue weighted by atomic mass is 16.3. The number of hydrogen-bond donors (Lipinski definition) is 2. The number of rotatable bonds is 4. The molecule has 7 nitrogen and oxygen atoms in total. The summed E-state index contributed by atoms with van der Waals surface area (Å²) in [7, 11) is 0. The van der Waals surface area contributed by atoms with Crippen molar-refractivity contribution in [1.29, 1.82) is 0 Å². The largest absolute Gasteiger partial charge is 0.382 e. The molecular formula is C14H22N6O. The Labute approximate surface area is 124 Å². The van der Waals surface area contributed by atoms with Crippen LogP contribution in [0.3, 0.4) is 0 Å². The van der Waals surface area contributed by atoms with E-state index in [2.05, 4.69) is 43.7 Å². The normalized spacial score (nSPS) is 23.8. The molecule has 0 amide bonds. The number of nitrogens with zero attached hydrogens (tertiary/aromatic N) is 5. The second kappa shape index (κ2) is 5.57. The molecule has 21 heavy (non-hydrogen) atoms. The minimum Gasteiger partial charge on any atom is -0.382 e. The minimum absolute atomic E-state index is 0.390. The maximum atomic E-state index is 10.8. The quantitative estimate of drug-likeness (QED) is 0.880. The van der Waals surface area contributed by atoms with E-state index in [1.165, 1.54) is 0 Å². The van der Waals surface area contributed by atoms with Crippen LogP contribution in [0.25, 0.3) is 0 Å². The third-order valence-corrected chi connectivity index (χ3v) is 4.11. The molecule has 1 atom stereocenters. The standard InChI is InChI=1S/C14H22N6O/c1-11(2)20-7-5-15-13(20)9-19-6-3-4-14(21,10-19)12-8-16-18-17-12/h5,7-8,11,21H,3-4,6,9-10H2,1-2H3,(H,16,17,18)/t14-/m1/s1. The van der Waals surface area contributed by atoms with E-state index in [1.54, 1.807) is 6.20 Å². The first-order valence-electron chi connectivity index (χ1n) is 7.41. The molecule has 0 saturated carbocycles. The second-order valence-corrected chi connectivity index (χ2v) is 6.05. The van der Waals surface area contributed by atoms with Crippen molar-refractivity contribution < 1.29 is 5.11 Å². The lowest BCUT2D eigenvalue weighted by Gasteiger charge is -2.37. The second-order valence-electron chi connectivity index (χ2n) is 6.05. The smallest absolute Gasteiger partial charge is 0.123 e. The van der Waals surface area contributed by atoms with Gasteiger partial charge in [0, 0.05) is 25.0 Å². The summed E-state index contributed by atoms with van der Waals surface area (Å²) in [6.07, 6.45) is 7.11. The van der Waals surface area contributed by atoms with Crippen molar-refractivity contribution in [3.63, 3.8) is 0 Å². The predicted molar refractivity (Wildman–Crippen MR) is 77.4 cm³/mol. The Bertz CT molecular complexity index is 578. The molecule has 2 aromatic rings. The highest BCUT2D eigenvalue weighted by Crippen LogP contribution is 2.30. The molecule has 1 fully saturated rings. The van der Waals surface area contributed by atoms with Gasteiger partial charge in [-0.2, -0.15) is 15.4 Å². The number of aromatic nitrogens is 5. The van der Waals surface area contributed by atoms with Crippen LogP contribution >= 0.6 is 0 Å². The lowest BCUT2D eigenvalue weighted by Crippen LogP contribution is -2.46. The topological polar surface area (TPSA) is 82.9 Å². The van der Waals surface area contributed by atoms with Crippen molar-refractivity contribution in [3.8, 4) is 0 Å². The summed E-state index contributed by atoms with van der Waals surface area (Å²) in [6.45, 7) is 6.56. The van der Waals surface area contributed by atoms with Crippen LogP contribution in [0, 0.1) is 0 Å². The zero-order chi connectivity index (χ0) is 14.9. The lowest BCUT2D eigenvalue weighted by atomic mass is 9.90. The monoisotopic (exact) mass is 290 g/mol. The molecule has 0 aliphatic carbocycles. The van der Waals surface area contributed by atoms with Gasteiger partial charge in [0.15, 0.2) is 0 Å². The van der Waals surface area contributed by atoms with Crippen LogP contribution < -0.4 is 0 Å². The van der Waals surface area contributed by atoms with E-state index in [1.807, 2.05) is 12.4 Å². The van der Waals surface area contributed by atoms with E-state index in [9.17, 15) is 5.11 Å². The number of imidazole rings is 1. The zero-order valence-corrected chi connectivity index (χ0v) is 12.5. The fraction of sp³-hybridized carbons (Fsp3) is 0.643. The van der Waals surface area contributed by atoms with E-state index in [0.29, 0.717) is 24.7 Å². The summed E-state index contributed by atoms with van der Waals surface area (Å²) in [5, 5.41) is 21.3. The van der Waals surface area contributed by atoms with Crippen LogP contribution in [0.5, 0.6) is 0 Å². The first-order chi connectivity index (χ1) is 10.1. The summed E-state index contributed by atoms with van der Waals surface area (Å²) in [5.41, 5.74) is -0.292. The lowest BCUT2D eigenvalue weighted by molar-refractivity contribution is -0.0423. The van der Waals surface area contributed by atoms with Gasteiger partial charge in [-0.05, 0) is 33.2 Å². The van der Waals surface area contributed by atoms with E-state index in [-0.39, 0.29) is 0 Å². The third kappa shape index (κ3) is 2.84. The summed E-state index contributed by atoms with van der Waals surface area (Å²) >= 11 is 0. The molecule has 0 radical (unpaired) electrons. The Morgan fingerprint density at radius 3 is 3.05 bits per heavy atom. The first kappa shape index (κ1) is 14.2. The van der Waals surface area contributed by atoms with E-state index >= 15 is 0 Å². The summed E-state index contributed by atoms with van der Waals surface area (Å²) in [5.74, 6) is 1.04. The Balaban J connectivity index is 1.73. The van der Waals surface area contributed by atoms with Gasteiger partial charge in [-0.25, -0.2) is 4.98 Å². The summed E-state index contributed by atoms with van der Waals surface area (Å²) in [4.78, 5) is 6.68. The summed E-state index contributed by atoms with van der Waals surface area (Å²) < 4.78 is 2.17. The van der Waals surface area contributed by atoms with Gasteiger partial charge in [-0.3, -0.25) is 4.90 Å². The minimum atomic E-state index is -0.916. The first-order valence-corrected chi connectivity index (χ1v) is 7.41. The highest BCUT2D eigenvalue weighted by molar-refractivity contribution is 5.09. The van der Waals surface area contributed by atoms with E-state index in [0.717, 1.165) is 25.3 Å².